The van der Waals surface area contributed by atoms with Gasteiger partial charge in [-0.25, -0.2) is 0 Å². The van der Waals surface area contributed by atoms with E-state index in [0.717, 1.165) is 26.8 Å². The minimum Gasteiger partial charge on any atom is -0.381 e. The molecule has 3 N–H and O–H groups in total. The van der Waals surface area contributed by atoms with Gasteiger partial charge in [-0.3, -0.25) is 0 Å². The van der Waals surface area contributed by atoms with E-state index >= 15 is 0 Å². The van der Waals surface area contributed by atoms with Gasteiger partial charge in [0.15, 0.2) is 0 Å². The van der Waals surface area contributed by atoms with Crippen LogP contribution in [0.15, 0.2) is 0 Å². The summed E-state index contributed by atoms with van der Waals surface area (Å²) in [5, 5.41) is 3.30. The van der Waals surface area contributed by atoms with Crippen LogP contribution in [0, 0.1) is 9.02 Å². The fourth-order valence-corrected chi connectivity index (χ4v) is 2.50. The molecule has 17 heavy (non-hydrogen) atoms. The molecular formula is C12H20N2OS2. The largest absolute Gasteiger partial charge is 0.381 e. The summed E-state index contributed by atoms with van der Waals surface area (Å²) in [7, 11) is 0. The second-order valence-corrected chi connectivity index (χ2v) is 5.80. The van der Waals surface area contributed by atoms with Crippen LogP contribution in [0.3, 0.4) is 0 Å². The monoisotopic (exact) mass is 272 g/mol. The van der Waals surface area contributed by atoms with Crippen molar-refractivity contribution in [1.82, 2.24) is 0 Å². The molecule has 96 valence electrons. The Balaban J connectivity index is 2.58. The molecule has 3 nitrogen and oxygen atoms in total. The van der Waals surface area contributed by atoms with Crippen LogP contribution in [0.25, 0.3) is 0 Å². The molecule has 0 bridgehead atoms. The quantitative estimate of drug-likeness (QED) is 0.616. The highest BCUT2D eigenvalue weighted by Gasteiger charge is 2.25. The molecule has 0 saturated heterocycles. The average molecular weight is 272 g/mol. The maximum absolute atomic E-state index is 5.33. The zero-order chi connectivity index (χ0) is 13.1. The summed E-state index contributed by atoms with van der Waals surface area (Å²) >= 11 is 10.5. The van der Waals surface area contributed by atoms with Gasteiger partial charge in [0, 0.05) is 18.7 Å². The Labute approximate surface area is 113 Å². The van der Waals surface area contributed by atoms with E-state index in [9.17, 15) is 0 Å². The maximum atomic E-state index is 5.33. The summed E-state index contributed by atoms with van der Waals surface area (Å²) in [6.07, 6.45) is 0. The molecule has 0 aliphatic carbocycles. The molecule has 0 unspecified atom stereocenters. The Morgan fingerprint density at radius 1 is 1.18 bits per heavy atom. The molecule has 0 aromatic heterocycles. The van der Waals surface area contributed by atoms with Gasteiger partial charge in [0.05, 0.1) is 27.9 Å². The summed E-state index contributed by atoms with van der Waals surface area (Å²) in [5.41, 5.74) is 7.56. The molecule has 0 aliphatic heterocycles. The molecule has 0 spiro atoms. The van der Waals surface area contributed by atoms with Crippen molar-refractivity contribution < 1.29 is 4.74 Å². The van der Waals surface area contributed by atoms with Gasteiger partial charge >= 0.3 is 0 Å². The third-order valence-electron chi connectivity index (χ3n) is 2.47. The summed E-state index contributed by atoms with van der Waals surface area (Å²) in [4.78, 5) is 0. The van der Waals surface area contributed by atoms with Gasteiger partial charge < -0.3 is 15.8 Å². The minimum atomic E-state index is 0.0415. The molecule has 1 rings (SSSR count). The molecule has 0 radical (unpaired) electrons. The number of ether oxygens (including phenoxy) is 1. The topological polar surface area (TPSA) is 47.3 Å². The van der Waals surface area contributed by atoms with E-state index in [1.165, 1.54) is 0 Å². The second-order valence-electron chi connectivity index (χ2n) is 4.99. The first-order chi connectivity index (χ1) is 7.89. The number of nitrogens with two attached hydrogens (primary N) is 1. The van der Waals surface area contributed by atoms with Crippen LogP contribution in [-0.4, -0.2) is 26.3 Å². The van der Waals surface area contributed by atoms with Crippen molar-refractivity contribution in [3.63, 3.8) is 0 Å². The summed E-state index contributed by atoms with van der Waals surface area (Å²) < 4.78 is 6.91. The van der Waals surface area contributed by atoms with E-state index in [0.29, 0.717) is 19.8 Å². The molecule has 0 aliphatic rings. The van der Waals surface area contributed by atoms with Crippen LogP contribution in [0.1, 0.15) is 26.3 Å². The summed E-state index contributed by atoms with van der Waals surface area (Å²) in [5.74, 6) is 0. The van der Waals surface area contributed by atoms with Gasteiger partial charge in [0.2, 0.25) is 0 Å². The van der Waals surface area contributed by atoms with Crippen molar-refractivity contribution in [2.24, 2.45) is 5.73 Å². The maximum Gasteiger partial charge on any atom is 0.0796 e. The van der Waals surface area contributed by atoms with Gasteiger partial charge in [-0.1, -0.05) is 45.2 Å². The van der Waals surface area contributed by atoms with Crippen molar-refractivity contribution in [2.45, 2.75) is 26.2 Å². The van der Waals surface area contributed by atoms with E-state index in [4.69, 9.17) is 34.9 Å². The Morgan fingerprint density at radius 2 is 1.82 bits per heavy atom. The smallest absolute Gasteiger partial charge is 0.0796 e. The first-order valence-electron chi connectivity index (χ1n) is 5.75. The lowest BCUT2D eigenvalue weighted by molar-refractivity contribution is 0.151. The summed E-state index contributed by atoms with van der Waals surface area (Å²) in [6.45, 7) is 8.94. The predicted octanol–water partition coefficient (Wildman–Crippen LogP) is 2.71. The molecule has 0 amide bonds. The normalized spacial score (nSPS) is 12.0. The highest BCUT2D eigenvalue weighted by atomic mass is 32.1. The van der Waals surface area contributed by atoms with Crippen LogP contribution in [0.5, 0.6) is 0 Å². The number of anilines is 1. The summed E-state index contributed by atoms with van der Waals surface area (Å²) in [6, 6.07) is 0. The second kappa shape index (κ2) is 6.00. The first kappa shape index (κ1) is 14.7. The Morgan fingerprint density at radius 3 is 2.35 bits per heavy atom. The fourth-order valence-electron chi connectivity index (χ4n) is 1.71. The fraction of sp³-hybridized carbons (Fsp3) is 0.667. The van der Waals surface area contributed by atoms with Crippen LogP contribution in [-0.2, 0) is 10.2 Å². The third-order valence-corrected chi connectivity index (χ3v) is 3.42. The molecule has 1 aromatic carbocycles. The Bertz CT molecular complexity index is 442. The van der Waals surface area contributed by atoms with E-state index in [1.807, 2.05) is 0 Å². The average Bonchev–Trinajstić information content (AvgIpc) is 2.24. The van der Waals surface area contributed by atoms with Gasteiger partial charge in [0.1, 0.15) is 0 Å². The lowest BCUT2D eigenvalue weighted by Gasteiger charge is -2.26. The van der Waals surface area contributed by atoms with Gasteiger partial charge in [-0.2, -0.15) is 0 Å². The number of hydrogen-bond acceptors (Lipinski definition) is 5. The van der Waals surface area contributed by atoms with Crippen LogP contribution < -0.4 is 11.1 Å². The molecule has 5 heteroatoms. The molecule has 0 heterocycles. The number of rotatable bonds is 6. The molecule has 1 aromatic rings. The van der Waals surface area contributed by atoms with Crippen molar-refractivity contribution in [3.05, 3.63) is 14.6 Å². The Kier molecular flexibility index (Phi) is 5.19. The van der Waals surface area contributed by atoms with E-state index in [-0.39, 0.29) is 5.41 Å². The molecule has 0 fully saturated rings. The molecule has 0 atom stereocenters. The number of hydrogen-bond donors (Lipinski definition) is 2. The van der Waals surface area contributed by atoms with E-state index in [2.05, 4.69) is 26.1 Å². The Hall–Kier alpha value is -0.360. The number of nitrogens with one attached hydrogen (secondary N) is 1. The van der Waals surface area contributed by atoms with Gasteiger partial charge in [-0.15, -0.1) is 0 Å². The lowest BCUT2D eigenvalue weighted by Crippen LogP contribution is -2.21. The predicted molar refractivity (Wildman–Crippen MR) is 77.5 cm³/mol. The van der Waals surface area contributed by atoms with Crippen molar-refractivity contribution in [3.8, 4) is 0 Å². The highest BCUT2D eigenvalue weighted by Crippen LogP contribution is 2.36. The van der Waals surface area contributed by atoms with Crippen LogP contribution in [0.2, 0.25) is 0 Å². The van der Waals surface area contributed by atoms with Gasteiger partial charge in [-0.05, 0) is 5.41 Å². The standard InChI is InChI=1S/C12H20N2OS2/c1-12(2,3)8-9(11(17)10(8)16)14-5-7-15-6-4-13/h14H,4-7,13H2,1-3H3. The van der Waals surface area contributed by atoms with Crippen LogP contribution in [0.4, 0.5) is 5.69 Å². The zero-order valence-corrected chi connectivity index (χ0v) is 12.3. The van der Waals surface area contributed by atoms with Crippen molar-refractivity contribution in [2.75, 3.05) is 31.6 Å². The minimum absolute atomic E-state index is 0.0415. The lowest BCUT2D eigenvalue weighted by atomic mass is 9.83. The molecule has 0 saturated carbocycles. The first-order valence-corrected chi connectivity index (χ1v) is 6.56. The van der Waals surface area contributed by atoms with Crippen molar-refractivity contribution >= 4 is 30.1 Å². The van der Waals surface area contributed by atoms with E-state index < -0.39 is 0 Å². The zero-order valence-electron chi connectivity index (χ0n) is 10.6. The SMILES string of the molecule is CC(C)(C)c1c(NCCOCCN)c(=S)c1=S. The third kappa shape index (κ3) is 3.55. The van der Waals surface area contributed by atoms with Gasteiger partial charge in [0.25, 0.3) is 0 Å². The highest BCUT2D eigenvalue weighted by molar-refractivity contribution is 7.74. The van der Waals surface area contributed by atoms with Crippen LogP contribution >= 0.6 is 24.4 Å². The van der Waals surface area contributed by atoms with E-state index in [1.54, 1.807) is 0 Å². The van der Waals surface area contributed by atoms with Crippen molar-refractivity contribution in [1.29, 1.82) is 0 Å². The molecular weight excluding hydrogens is 252 g/mol.